The van der Waals surface area contributed by atoms with Crippen LogP contribution < -0.4 is 4.74 Å². The Morgan fingerprint density at radius 3 is 2.55 bits per heavy atom. The Labute approximate surface area is 138 Å². The molecule has 0 N–H and O–H groups in total. The maximum absolute atomic E-state index is 12.1. The Balaban J connectivity index is 1.81. The van der Waals surface area contributed by atoms with Crippen molar-refractivity contribution in [2.45, 2.75) is 6.42 Å². The zero-order valence-corrected chi connectivity index (χ0v) is 13.1. The van der Waals surface area contributed by atoms with Gasteiger partial charge in [0.2, 0.25) is 0 Å². The molecule has 0 aliphatic rings. The molecule has 0 heterocycles. The highest BCUT2D eigenvalue weighted by atomic mass is 35.5. The molecule has 0 radical (unpaired) electrons. The minimum Gasteiger partial charge on any atom is -0.425 e. The predicted octanol–water partition coefficient (Wildman–Crippen LogP) is 5.29. The molecule has 0 aliphatic heterocycles. The monoisotopic (exact) mass is 330 g/mol. The smallest absolute Gasteiger partial charge is 0.315 e. The highest BCUT2D eigenvalue weighted by Gasteiger charge is 2.11. The van der Waals surface area contributed by atoms with Gasteiger partial charge in [0.15, 0.2) is 0 Å². The fourth-order valence-electron chi connectivity index (χ4n) is 2.32. The van der Waals surface area contributed by atoms with Gasteiger partial charge in [0.1, 0.15) is 5.75 Å². The number of fused-ring (bicyclic) bond motifs is 1. The van der Waals surface area contributed by atoms with Crippen molar-refractivity contribution in [1.29, 1.82) is 0 Å². The number of carbonyl (C=O) groups excluding carboxylic acids is 1. The molecule has 0 saturated heterocycles. The third kappa shape index (κ3) is 3.24. The summed E-state index contributed by atoms with van der Waals surface area (Å²) in [7, 11) is 0. The van der Waals surface area contributed by atoms with Gasteiger partial charge in [-0.1, -0.05) is 65.7 Å². The van der Waals surface area contributed by atoms with E-state index in [1.54, 1.807) is 18.2 Å². The summed E-state index contributed by atoms with van der Waals surface area (Å²) < 4.78 is 5.32. The van der Waals surface area contributed by atoms with Crippen molar-refractivity contribution in [3.63, 3.8) is 0 Å². The van der Waals surface area contributed by atoms with Crippen LogP contribution in [0.5, 0.6) is 5.75 Å². The number of esters is 1. The molecule has 0 amide bonds. The van der Waals surface area contributed by atoms with E-state index >= 15 is 0 Å². The summed E-state index contributed by atoms with van der Waals surface area (Å²) in [4.78, 5) is 12.1. The fourth-order valence-corrected chi connectivity index (χ4v) is 2.77. The summed E-state index contributed by atoms with van der Waals surface area (Å²) in [6, 6.07) is 18.6. The highest BCUT2D eigenvalue weighted by molar-refractivity contribution is 6.35. The number of hydrogen-bond acceptors (Lipinski definition) is 2. The molecule has 3 rings (SSSR count). The molecule has 0 unspecified atom stereocenters. The molecule has 0 bridgehead atoms. The van der Waals surface area contributed by atoms with Crippen molar-refractivity contribution >= 4 is 39.9 Å². The first-order valence-corrected chi connectivity index (χ1v) is 7.51. The van der Waals surface area contributed by atoms with Crippen LogP contribution >= 0.6 is 23.2 Å². The van der Waals surface area contributed by atoms with Crippen LogP contribution in [0, 0.1) is 0 Å². The first-order valence-electron chi connectivity index (χ1n) is 6.76. The molecule has 3 aromatic rings. The zero-order valence-electron chi connectivity index (χ0n) is 11.6. The van der Waals surface area contributed by atoms with Gasteiger partial charge in [-0.2, -0.15) is 0 Å². The molecule has 4 heteroatoms. The van der Waals surface area contributed by atoms with Crippen LogP contribution in [0.4, 0.5) is 0 Å². The van der Waals surface area contributed by atoms with E-state index in [-0.39, 0.29) is 12.4 Å². The maximum Gasteiger partial charge on any atom is 0.315 e. The van der Waals surface area contributed by atoms with Crippen LogP contribution in [0.25, 0.3) is 10.8 Å². The number of rotatable bonds is 3. The van der Waals surface area contributed by atoms with E-state index in [0.29, 0.717) is 15.8 Å². The second-order valence-electron chi connectivity index (χ2n) is 4.86. The minimum atomic E-state index is -0.361. The minimum absolute atomic E-state index is 0.181. The number of ether oxygens (including phenoxy) is 1. The lowest BCUT2D eigenvalue weighted by Crippen LogP contribution is -2.11. The van der Waals surface area contributed by atoms with Gasteiger partial charge in [-0.3, -0.25) is 4.79 Å². The van der Waals surface area contributed by atoms with Gasteiger partial charge in [-0.05, 0) is 34.5 Å². The second-order valence-corrected chi connectivity index (χ2v) is 5.71. The molecular formula is C18H12Cl2O2. The predicted molar refractivity (Wildman–Crippen MR) is 89.7 cm³/mol. The summed E-state index contributed by atoms with van der Waals surface area (Å²) >= 11 is 11.8. The normalized spacial score (nSPS) is 10.6. The van der Waals surface area contributed by atoms with Gasteiger partial charge in [-0.25, -0.2) is 0 Å². The van der Waals surface area contributed by atoms with E-state index in [4.69, 9.17) is 27.9 Å². The van der Waals surface area contributed by atoms with Crippen molar-refractivity contribution in [2.75, 3.05) is 0 Å². The van der Waals surface area contributed by atoms with Crippen molar-refractivity contribution in [3.05, 3.63) is 76.3 Å². The SMILES string of the molecule is O=C(Cc1cccc2ccccc12)Oc1ccc(Cl)cc1Cl. The number of hydrogen-bond donors (Lipinski definition) is 0. The van der Waals surface area contributed by atoms with Gasteiger partial charge in [0.05, 0.1) is 11.4 Å². The molecule has 2 nitrogen and oxygen atoms in total. The van der Waals surface area contributed by atoms with Crippen molar-refractivity contribution in [1.82, 2.24) is 0 Å². The highest BCUT2D eigenvalue weighted by Crippen LogP contribution is 2.28. The standard InChI is InChI=1S/C18H12Cl2O2/c19-14-8-9-17(16(20)11-14)22-18(21)10-13-6-3-5-12-4-1-2-7-15(12)13/h1-9,11H,10H2. The number of halogens is 2. The molecule has 110 valence electrons. The van der Waals surface area contributed by atoms with Gasteiger partial charge in [-0.15, -0.1) is 0 Å². The summed E-state index contributed by atoms with van der Waals surface area (Å²) in [6.07, 6.45) is 0.181. The maximum atomic E-state index is 12.1. The second kappa shape index (κ2) is 6.39. The van der Waals surface area contributed by atoms with Crippen molar-refractivity contribution in [2.24, 2.45) is 0 Å². The third-order valence-electron chi connectivity index (χ3n) is 3.33. The van der Waals surface area contributed by atoms with Crippen LogP contribution in [0.2, 0.25) is 10.0 Å². The summed E-state index contributed by atoms with van der Waals surface area (Å²) in [6.45, 7) is 0. The fraction of sp³-hybridized carbons (Fsp3) is 0.0556. The topological polar surface area (TPSA) is 26.3 Å². The third-order valence-corrected chi connectivity index (χ3v) is 3.86. The van der Waals surface area contributed by atoms with Gasteiger partial charge in [0.25, 0.3) is 0 Å². The van der Waals surface area contributed by atoms with E-state index in [9.17, 15) is 4.79 Å². The van der Waals surface area contributed by atoms with E-state index in [1.807, 2.05) is 42.5 Å². The molecule has 0 atom stereocenters. The van der Waals surface area contributed by atoms with Crippen LogP contribution in [0.3, 0.4) is 0 Å². The van der Waals surface area contributed by atoms with Crippen LogP contribution in [-0.2, 0) is 11.2 Å². The molecule has 0 spiro atoms. The number of benzene rings is 3. The summed E-state index contributed by atoms with van der Waals surface area (Å²) in [5.74, 6) is -0.0446. The lowest BCUT2D eigenvalue weighted by Gasteiger charge is -2.08. The van der Waals surface area contributed by atoms with Gasteiger partial charge < -0.3 is 4.74 Å². The van der Waals surface area contributed by atoms with Crippen molar-refractivity contribution < 1.29 is 9.53 Å². The molecule has 0 fully saturated rings. The van der Waals surface area contributed by atoms with Crippen LogP contribution in [0.1, 0.15) is 5.56 Å². The summed E-state index contributed by atoms with van der Waals surface area (Å²) in [5, 5.41) is 2.96. The Morgan fingerprint density at radius 2 is 1.73 bits per heavy atom. The average molecular weight is 331 g/mol. The van der Waals surface area contributed by atoms with Crippen molar-refractivity contribution in [3.8, 4) is 5.75 Å². The Hall–Kier alpha value is -2.03. The quantitative estimate of drug-likeness (QED) is 0.481. The Kier molecular flexibility index (Phi) is 4.32. The molecule has 0 aliphatic carbocycles. The van der Waals surface area contributed by atoms with E-state index in [1.165, 1.54) is 0 Å². The lowest BCUT2D eigenvalue weighted by atomic mass is 10.0. The number of carbonyl (C=O) groups is 1. The van der Waals surface area contributed by atoms with E-state index in [2.05, 4.69) is 0 Å². The Bertz CT molecular complexity index is 838. The Morgan fingerprint density at radius 1 is 0.955 bits per heavy atom. The summed E-state index contributed by atoms with van der Waals surface area (Å²) in [5.41, 5.74) is 0.924. The van der Waals surface area contributed by atoms with Gasteiger partial charge >= 0.3 is 5.97 Å². The zero-order chi connectivity index (χ0) is 15.5. The molecule has 3 aromatic carbocycles. The van der Waals surface area contributed by atoms with E-state index < -0.39 is 0 Å². The molecule has 0 aromatic heterocycles. The largest absolute Gasteiger partial charge is 0.425 e. The molecule has 22 heavy (non-hydrogen) atoms. The van der Waals surface area contributed by atoms with Crippen LogP contribution in [0.15, 0.2) is 60.7 Å². The first-order chi connectivity index (χ1) is 10.6. The lowest BCUT2D eigenvalue weighted by molar-refractivity contribution is -0.133. The molecule has 0 saturated carbocycles. The van der Waals surface area contributed by atoms with E-state index in [0.717, 1.165) is 16.3 Å². The first kappa shape index (κ1) is 14.9. The van der Waals surface area contributed by atoms with Gasteiger partial charge in [0, 0.05) is 5.02 Å². The average Bonchev–Trinajstić information content (AvgIpc) is 2.50. The molecular weight excluding hydrogens is 319 g/mol. The van der Waals surface area contributed by atoms with Crippen LogP contribution in [-0.4, -0.2) is 5.97 Å².